The largest absolute Gasteiger partial charge is 0.481 e. The Morgan fingerprint density at radius 1 is 0.887 bits per heavy atom. The first-order chi connectivity index (χ1) is 33.5. The number of nitrogen functional groups attached to an aromatic ring is 1. The number of aliphatic hydroxyl groups excluding tert-OH is 2. The van der Waals surface area contributed by atoms with Crippen LogP contribution in [-0.2, 0) is 63.5 Å². The minimum atomic E-state index is -5.59. The zero-order valence-electron chi connectivity index (χ0n) is 38.8. The topological polar surface area (TPSA) is 388 Å². The monoisotopic (exact) mass is 1070 g/mol. The molecule has 4 aromatic rings. The molecule has 26 nitrogen and oxygen atoms in total. The molecule has 0 radical (unpaired) electrons. The zero-order chi connectivity index (χ0) is 52.0. The van der Waals surface area contributed by atoms with Gasteiger partial charge in [0.15, 0.2) is 22.8 Å². The van der Waals surface area contributed by atoms with Crippen molar-refractivity contribution in [2.24, 2.45) is 15.6 Å². The molecule has 0 aliphatic carbocycles. The van der Waals surface area contributed by atoms with Crippen LogP contribution in [0.1, 0.15) is 70.2 Å². The van der Waals surface area contributed by atoms with E-state index in [9.17, 15) is 57.9 Å². The number of phosphoric acid groups is 3. The summed E-state index contributed by atoms with van der Waals surface area (Å²) in [6.45, 7) is 2.61. The van der Waals surface area contributed by atoms with Crippen molar-refractivity contribution in [1.82, 2.24) is 30.2 Å². The number of azo groups is 1. The van der Waals surface area contributed by atoms with Gasteiger partial charge in [-0.05, 0) is 61.1 Å². The summed E-state index contributed by atoms with van der Waals surface area (Å²) in [7, 11) is -16.4. The Hall–Kier alpha value is -4.40. The van der Waals surface area contributed by atoms with Crippen LogP contribution < -0.4 is 16.4 Å². The van der Waals surface area contributed by atoms with Crippen LogP contribution in [0.5, 0.6) is 0 Å². The van der Waals surface area contributed by atoms with Crippen molar-refractivity contribution in [3.8, 4) is 0 Å². The number of thioether (sulfide) groups is 1. The van der Waals surface area contributed by atoms with Crippen LogP contribution in [0.25, 0.3) is 11.2 Å². The Kier molecular flexibility index (Phi) is 21.1. The lowest BCUT2D eigenvalue weighted by atomic mass is 9.87. The number of carbonyl (C=O) groups is 3. The zero-order valence-corrected chi connectivity index (χ0v) is 42.3. The first-order valence-corrected chi connectivity index (χ1v) is 27.6. The van der Waals surface area contributed by atoms with E-state index < -0.39 is 84.6 Å². The van der Waals surface area contributed by atoms with Gasteiger partial charge in [-0.3, -0.25) is 32.5 Å². The van der Waals surface area contributed by atoms with E-state index in [2.05, 4.69) is 63.7 Å². The molecule has 7 atom stereocenters. The number of amides is 2. The van der Waals surface area contributed by atoms with Gasteiger partial charge in [0, 0.05) is 37.1 Å². The lowest BCUT2D eigenvalue weighted by Crippen LogP contribution is -2.46. The van der Waals surface area contributed by atoms with E-state index in [1.54, 1.807) is 0 Å². The van der Waals surface area contributed by atoms with Crippen LogP contribution in [0.15, 0.2) is 71.4 Å². The Morgan fingerprint density at radius 2 is 1.51 bits per heavy atom. The van der Waals surface area contributed by atoms with Gasteiger partial charge in [-0.25, -0.2) is 28.6 Å². The van der Waals surface area contributed by atoms with Crippen molar-refractivity contribution >= 4 is 80.5 Å². The number of imidazole rings is 1. The standard InChI is InChI=1S/C41H58N9O17P3S/c1-4-5-7-26-10-14-28(15-11-26)48-49-29-16-12-27(13-17-29)8-6-9-32(52)71-21-20-43-31(51)18-19-44-39(55)36(54)41(2,3)23-64-70(61,62)67-69(59,60)63-22-30-35(66-68(56,57)58)34(53)40(65-30)50-25-47-33-37(42)45-24-46-38(33)50/h10-17,24-25,30,34-36,40,53-54H,4-9,18-23H2,1-3H3,(H,43,51)(H,44,55)(H,59,60)(H,61,62)(H2,42,45,46)(H2,56,57,58)/t30-,34-,35-,36+,40-/m1/s1. The van der Waals surface area contributed by atoms with Crippen molar-refractivity contribution in [3.05, 3.63) is 72.3 Å². The highest BCUT2D eigenvalue weighted by molar-refractivity contribution is 8.13. The summed E-state index contributed by atoms with van der Waals surface area (Å²) in [4.78, 5) is 88.7. The number of unbranched alkanes of at least 4 members (excludes halogenated alkanes) is 1. The van der Waals surface area contributed by atoms with E-state index in [1.165, 1.54) is 19.4 Å². The number of hydrogen-bond donors (Lipinski definition) is 9. The van der Waals surface area contributed by atoms with Crippen LogP contribution in [-0.4, -0.2) is 123 Å². The Morgan fingerprint density at radius 3 is 2.13 bits per heavy atom. The molecule has 0 saturated carbocycles. The number of rotatable bonds is 28. The minimum Gasteiger partial charge on any atom is -0.386 e. The number of benzene rings is 2. The van der Waals surface area contributed by atoms with Crippen LogP contribution in [0, 0.1) is 5.41 Å². The third-order valence-corrected chi connectivity index (χ3v) is 14.6. The molecular weight excluding hydrogens is 1020 g/mol. The predicted octanol–water partition coefficient (Wildman–Crippen LogP) is 4.45. The molecule has 1 saturated heterocycles. The normalized spacial score (nSPS) is 19.6. The molecule has 2 unspecified atom stereocenters. The van der Waals surface area contributed by atoms with Gasteiger partial charge < -0.3 is 50.9 Å². The average molecular weight is 1070 g/mol. The molecule has 2 aromatic carbocycles. The maximum Gasteiger partial charge on any atom is 0.481 e. The summed E-state index contributed by atoms with van der Waals surface area (Å²) in [6, 6.07) is 15.7. The number of anilines is 1. The number of nitrogens with zero attached hydrogens (tertiary/aromatic N) is 6. The maximum atomic E-state index is 12.8. The molecule has 1 fully saturated rings. The molecule has 0 bridgehead atoms. The van der Waals surface area contributed by atoms with Crippen molar-refractivity contribution in [2.75, 3.05) is 37.8 Å². The van der Waals surface area contributed by atoms with Crippen LogP contribution in [0.3, 0.4) is 0 Å². The van der Waals surface area contributed by atoms with Gasteiger partial charge in [0.2, 0.25) is 11.8 Å². The highest BCUT2D eigenvalue weighted by Gasteiger charge is 2.50. The first kappa shape index (κ1) is 57.5. The quantitative estimate of drug-likeness (QED) is 0.0215. The number of carbonyl (C=O) groups excluding carboxylic acids is 3. The highest BCUT2D eigenvalue weighted by Crippen LogP contribution is 2.61. The van der Waals surface area contributed by atoms with Crippen molar-refractivity contribution in [2.45, 2.75) is 96.4 Å². The van der Waals surface area contributed by atoms with Crippen LogP contribution in [0.2, 0.25) is 0 Å². The molecule has 2 amide bonds. The van der Waals surface area contributed by atoms with E-state index in [1.807, 2.05) is 36.4 Å². The second-order valence-corrected chi connectivity index (χ2v) is 22.2. The molecule has 1 aliphatic heterocycles. The number of nitrogens with two attached hydrogens (primary N) is 1. The number of ether oxygens (including phenoxy) is 1. The maximum absolute atomic E-state index is 12.8. The van der Waals surface area contributed by atoms with Gasteiger partial charge in [0.1, 0.15) is 36.3 Å². The van der Waals surface area contributed by atoms with Gasteiger partial charge in [-0.1, -0.05) is 63.2 Å². The minimum absolute atomic E-state index is 0.0256. The fraction of sp³-hybridized carbons (Fsp3) is 0.512. The van der Waals surface area contributed by atoms with Gasteiger partial charge >= 0.3 is 23.5 Å². The van der Waals surface area contributed by atoms with E-state index >= 15 is 0 Å². The first-order valence-electron chi connectivity index (χ1n) is 22.1. The summed E-state index contributed by atoms with van der Waals surface area (Å²) in [5.74, 6) is -1.15. The molecule has 1 aliphatic rings. The number of aromatic nitrogens is 4. The fourth-order valence-corrected chi connectivity index (χ4v) is 10.3. The van der Waals surface area contributed by atoms with Gasteiger partial charge in [0.25, 0.3) is 0 Å². The van der Waals surface area contributed by atoms with Gasteiger partial charge in [-0.2, -0.15) is 14.5 Å². The van der Waals surface area contributed by atoms with Crippen molar-refractivity contribution < 1.29 is 80.5 Å². The van der Waals surface area contributed by atoms with Crippen molar-refractivity contribution in [3.63, 3.8) is 0 Å². The third kappa shape index (κ3) is 18.2. The van der Waals surface area contributed by atoms with Crippen LogP contribution in [0.4, 0.5) is 17.2 Å². The number of aryl methyl sites for hydroxylation is 2. The smallest absolute Gasteiger partial charge is 0.386 e. The summed E-state index contributed by atoms with van der Waals surface area (Å²) in [6.07, 6.45) is -1.96. The molecule has 10 N–H and O–H groups in total. The van der Waals surface area contributed by atoms with E-state index in [-0.39, 0.29) is 41.6 Å². The van der Waals surface area contributed by atoms with E-state index in [0.29, 0.717) is 25.0 Å². The second-order valence-electron chi connectivity index (χ2n) is 16.8. The highest BCUT2D eigenvalue weighted by atomic mass is 32.2. The Labute approximate surface area is 412 Å². The Balaban J connectivity index is 0.956. The lowest BCUT2D eigenvalue weighted by Gasteiger charge is -2.30. The van der Waals surface area contributed by atoms with Gasteiger partial charge in [0.05, 0.1) is 30.9 Å². The Bertz CT molecular complexity index is 2610. The molecule has 0 spiro atoms. The summed E-state index contributed by atoms with van der Waals surface area (Å²) >= 11 is 1.09. The molecule has 71 heavy (non-hydrogen) atoms. The molecule has 390 valence electrons. The SMILES string of the molecule is CCCCc1ccc(N=Nc2ccc(CCCC(=O)SCCNC(=O)CCNC(=O)[C@H](O)C(C)(C)COP(=O)(O)OP(=O)(O)OC[C@H]3O[C@@H](n4cnc5c(N)ncnc54)[C@H](O)[C@@H]3OP(=O)(O)O)cc2)cc1. The molecule has 30 heteroatoms. The number of aliphatic hydroxyl groups is 2. The summed E-state index contributed by atoms with van der Waals surface area (Å²) in [5, 5.41) is 35.2. The number of hydrogen-bond acceptors (Lipinski definition) is 20. The average Bonchev–Trinajstić information content (AvgIpc) is 3.87. The lowest BCUT2D eigenvalue weighted by molar-refractivity contribution is -0.137. The fourth-order valence-electron chi connectivity index (χ4n) is 6.76. The number of fused-ring (bicyclic) bond motifs is 1. The summed E-state index contributed by atoms with van der Waals surface area (Å²) < 4.78 is 62.5. The molecule has 3 heterocycles. The number of nitrogens with one attached hydrogen (secondary N) is 2. The van der Waals surface area contributed by atoms with Crippen LogP contribution >= 0.6 is 35.2 Å². The predicted molar refractivity (Wildman–Crippen MR) is 256 cm³/mol. The van der Waals surface area contributed by atoms with E-state index in [0.717, 1.165) is 65.2 Å². The van der Waals surface area contributed by atoms with Crippen molar-refractivity contribution in [1.29, 1.82) is 0 Å². The summed E-state index contributed by atoms with van der Waals surface area (Å²) in [5.41, 5.74) is 8.09. The molecule has 5 rings (SSSR count). The number of phosphoric ester groups is 3. The molecule has 2 aromatic heterocycles. The molecular formula is C41H58N9O17P3S. The van der Waals surface area contributed by atoms with Gasteiger partial charge in [-0.15, -0.1) is 0 Å². The van der Waals surface area contributed by atoms with E-state index in [4.69, 9.17) is 19.5 Å². The third-order valence-electron chi connectivity index (χ3n) is 10.6. The second kappa shape index (κ2) is 26.0.